The lowest BCUT2D eigenvalue weighted by atomic mass is 10.3. The molecule has 0 saturated heterocycles. The zero-order valence-corrected chi connectivity index (χ0v) is 15.5. The molecule has 0 atom stereocenters. The highest BCUT2D eigenvalue weighted by atomic mass is 35.5. The standard InChI is InChI=1S/C15H13Cl3N2O3S/c1-24(22,23)20(12-7-10(16)6-11(17)8-12)9-15(21)19-14-5-3-2-4-13(14)18/h2-8H,9H2,1H3,(H,19,21). The molecule has 0 saturated carbocycles. The van der Waals surface area contributed by atoms with Crippen LogP contribution >= 0.6 is 34.8 Å². The molecule has 0 unspecified atom stereocenters. The first-order valence-corrected chi connectivity index (χ1v) is 9.63. The van der Waals surface area contributed by atoms with Crippen molar-refractivity contribution in [2.45, 2.75) is 0 Å². The topological polar surface area (TPSA) is 66.5 Å². The maximum Gasteiger partial charge on any atom is 0.245 e. The summed E-state index contributed by atoms with van der Waals surface area (Å²) in [4.78, 5) is 12.2. The van der Waals surface area contributed by atoms with E-state index in [1.54, 1.807) is 24.3 Å². The fourth-order valence-corrected chi connectivity index (χ4v) is 3.50. The summed E-state index contributed by atoms with van der Waals surface area (Å²) < 4.78 is 25.0. The molecule has 0 bridgehead atoms. The van der Waals surface area contributed by atoms with Crippen molar-refractivity contribution >= 4 is 62.1 Å². The number of anilines is 2. The van der Waals surface area contributed by atoms with Gasteiger partial charge in [0, 0.05) is 10.0 Å². The quantitative estimate of drug-likeness (QED) is 0.813. The monoisotopic (exact) mass is 406 g/mol. The third-order valence-electron chi connectivity index (χ3n) is 2.97. The summed E-state index contributed by atoms with van der Waals surface area (Å²) in [7, 11) is -3.73. The van der Waals surface area contributed by atoms with E-state index in [0.717, 1.165) is 10.6 Å². The Bertz CT molecular complexity index is 852. The normalized spacial score (nSPS) is 11.2. The van der Waals surface area contributed by atoms with Crippen LogP contribution in [0.1, 0.15) is 0 Å². The van der Waals surface area contributed by atoms with Crippen LogP contribution in [-0.2, 0) is 14.8 Å². The Kier molecular flexibility index (Phi) is 5.98. The molecule has 5 nitrogen and oxygen atoms in total. The van der Waals surface area contributed by atoms with Gasteiger partial charge in [-0.15, -0.1) is 0 Å². The minimum Gasteiger partial charge on any atom is -0.323 e. The van der Waals surface area contributed by atoms with Crippen molar-refractivity contribution in [1.82, 2.24) is 0 Å². The number of rotatable bonds is 5. The van der Waals surface area contributed by atoms with E-state index in [1.165, 1.54) is 18.2 Å². The third-order valence-corrected chi connectivity index (χ3v) is 4.88. The molecule has 0 aliphatic heterocycles. The number of nitrogens with zero attached hydrogens (tertiary/aromatic N) is 1. The summed E-state index contributed by atoms with van der Waals surface area (Å²) in [6.45, 7) is -0.444. The van der Waals surface area contributed by atoms with E-state index in [2.05, 4.69) is 5.32 Å². The Balaban J connectivity index is 2.27. The third kappa shape index (κ3) is 5.01. The summed E-state index contributed by atoms with van der Waals surface area (Å²) in [6, 6.07) is 10.9. The molecule has 0 aliphatic carbocycles. The molecule has 0 heterocycles. The van der Waals surface area contributed by atoms with Gasteiger partial charge in [0.15, 0.2) is 0 Å². The molecular weight excluding hydrogens is 395 g/mol. The molecule has 0 aliphatic rings. The summed E-state index contributed by atoms with van der Waals surface area (Å²) in [6.07, 6.45) is 0.991. The Morgan fingerprint density at radius 2 is 1.67 bits per heavy atom. The number of hydrogen-bond acceptors (Lipinski definition) is 3. The highest BCUT2D eigenvalue weighted by Crippen LogP contribution is 2.27. The van der Waals surface area contributed by atoms with E-state index >= 15 is 0 Å². The van der Waals surface area contributed by atoms with Crippen molar-refractivity contribution in [3.05, 3.63) is 57.5 Å². The SMILES string of the molecule is CS(=O)(=O)N(CC(=O)Nc1ccccc1Cl)c1cc(Cl)cc(Cl)c1. The second-order valence-electron chi connectivity index (χ2n) is 4.93. The van der Waals surface area contributed by atoms with Crippen molar-refractivity contribution in [3.63, 3.8) is 0 Å². The molecule has 128 valence electrons. The molecule has 0 fully saturated rings. The van der Waals surface area contributed by atoms with Gasteiger partial charge in [-0.1, -0.05) is 46.9 Å². The van der Waals surface area contributed by atoms with Gasteiger partial charge in [-0.2, -0.15) is 0 Å². The van der Waals surface area contributed by atoms with Gasteiger partial charge in [-0.05, 0) is 30.3 Å². The molecule has 0 spiro atoms. The van der Waals surface area contributed by atoms with Crippen molar-refractivity contribution in [2.75, 3.05) is 22.4 Å². The Morgan fingerprint density at radius 1 is 1.08 bits per heavy atom. The number of nitrogens with one attached hydrogen (secondary N) is 1. The summed E-state index contributed by atoms with van der Waals surface area (Å²) in [5, 5.41) is 3.44. The van der Waals surface area contributed by atoms with Crippen molar-refractivity contribution in [3.8, 4) is 0 Å². The smallest absolute Gasteiger partial charge is 0.245 e. The predicted octanol–water partition coefficient (Wildman–Crippen LogP) is 4.05. The van der Waals surface area contributed by atoms with Crippen LogP contribution in [0.5, 0.6) is 0 Å². The minimum atomic E-state index is -3.73. The fraction of sp³-hybridized carbons (Fsp3) is 0.133. The van der Waals surface area contributed by atoms with Crippen molar-refractivity contribution in [2.24, 2.45) is 0 Å². The van der Waals surface area contributed by atoms with Crippen molar-refractivity contribution < 1.29 is 13.2 Å². The van der Waals surface area contributed by atoms with Crippen LogP contribution in [0, 0.1) is 0 Å². The van der Waals surface area contributed by atoms with E-state index in [9.17, 15) is 13.2 Å². The highest BCUT2D eigenvalue weighted by molar-refractivity contribution is 7.92. The first-order chi connectivity index (χ1) is 11.2. The van der Waals surface area contributed by atoms with Gasteiger partial charge >= 0.3 is 0 Å². The van der Waals surface area contributed by atoms with Crippen LogP contribution in [0.4, 0.5) is 11.4 Å². The van der Waals surface area contributed by atoms with E-state index in [4.69, 9.17) is 34.8 Å². The van der Waals surface area contributed by atoms with E-state index in [-0.39, 0.29) is 15.7 Å². The first-order valence-electron chi connectivity index (χ1n) is 6.65. The zero-order chi connectivity index (χ0) is 17.9. The number of hydrogen-bond donors (Lipinski definition) is 1. The van der Waals surface area contributed by atoms with E-state index in [0.29, 0.717) is 10.7 Å². The minimum absolute atomic E-state index is 0.198. The van der Waals surface area contributed by atoms with Gasteiger partial charge in [-0.3, -0.25) is 9.10 Å². The van der Waals surface area contributed by atoms with Crippen LogP contribution in [0.15, 0.2) is 42.5 Å². The van der Waals surface area contributed by atoms with Crippen LogP contribution in [0.25, 0.3) is 0 Å². The molecule has 9 heteroatoms. The van der Waals surface area contributed by atoms with Crippen LogP contribution < -0.4 is 9.62 Å². The van der Waals surface area contributed by atoms with Gasteiger partial charge in [-0.25, -0.2) is 8.42 Å². The highest BCUT2D eigenvalue weighted by Gasteiger charge is 2.22. The number of halogens is 3. The molecular formula is C15H13Cl3N2O3S. The first kappa shape index (κ1) is 18.9. The lowest BCUT2D eigenvalue weighted by Crippen LogP contribution is -2.37. The fourth-order valence-electron chi connectivity index (χ4n) is 1.97. The molecule has 1 N–H and O–H groups in total. The maximum atomic E-state index is 12.2. The number of para-hydroxylation sites is 1. The molecule has 24 heavy (non-hydrogen) atoms. The largest absolute Gasteiger partial charge is 0.323 e. The maximum absolute atomic E-state index is 12.2. The molecule has 0 aromatic heterocycles. The van der Waals surface area contributed by atoms with Crippen LogP contribution in [0.2, 0.25) is 15.1 Å². The summed E-state index contributed by atoms with van der Waals surface area (Å²) in [5.41, 5.74) is 0.589. The molecule has 2 aromatic carbocycles. The zero-order valence-electron chi connectivity index (χ0n) is 12.5. The van der Waals surface area contributed by atoms with Gasteiger partial charge in [0.1, 0.15) is 6.54 Å². The Labute approximate surface area is 155 Å². The van der Waals surface area contributed by atoms with Gasteiger partial charge in [0.25, 0.3) is 0 Å². The molecule has 0 radical (unpaired) electrons. The number of carbonyl (C=O) groups excluding carboxylic acids is 1. The van der Waals surface area contributed by atoms with E-state index < -0.39 is 22.5 Å². The summed E-state index contributed by atoms with van der Waals surface area (Å²) >= 11 is 17.8. The summed E-state index contributed by atoms with van der Waals surface area (Å²) in [5.74, 6) is -0.551. The number of benzene rings is 2. The molecule has 2 aromatic rings. The van der Waals surface area contributed by atoms with Crippen LogP contribution in [-0.4, -0.2) is 27.1 Å². The lowest BCUT2D eigenvalue weighted by Gasteiger charge is -2.22. The second-order valence-corrected chi connectivity index (χ2v) is 8.11. The van der Waals surface area contributed by atoms with Gasteiger partial charge in [0.05, 0.1) is 22.7 Å². The molecule has 2 rings (SSSR count). The number of amides is 1. The number of carbonyl (C=O) groups is 1. The lowest BCUT2D eigenvalue weighted by molar-refractivity contribution is -0.114. The van der Waals surface area contributed by atoms with Gasteiger partial charge < -0.3 is 5.32 Å². The van der Waals surface area contributed by atoms with E-state index in [1.807, 2.05) is 0 Å². The van der Waals surface area contributed by atoms with Gasteiger partial charge in [0.2, 0.25) is 15.9 Å². The van der Waals surface area contributed by atoms with Crippen molar-refractivity contribution in [1.29, 1.82) is 0 Å². The average Bonchev–Trinajstić information content (AvgIpc) is 2.45. The average molecular weight is 408 g/mol. The number of sulfonamides is 1. The predicted molar refractivity (Wildman–Crippen MR) is 98.7 cm³/mol. The van der Waals surface area contributed by atoms with Crippen LogP contribution in [0.3, 0.4) is 0 Å². The Morgan fingerprint density at radius 3 is 2.21 bits per heavy atom. The second kappa shape index (κ2) is 7.61. The Hall–Kier alpha value is -1.47. The molecule has 1 amide bonds.